The van der Waals surface area contributed by atoms with E-state index < -0.39 is 5.91 Å². The molecular formula is C20H16N4O4. The topological polar surface area (TPSA) is 117 Å². The predicted octanol–water partition coefficient (Wildman–Crippen LogP) is 3.09. The summed E-state index contributed by atoms with van der Waals surface area (Å²) in [6, 6.07) is 14.1. The smallest absolute Gasteiger partial charge is 0.257 e. The molecule has 0 radical (unpaired) electrons. The molecule has 8 nitrogen and oxygen atoms in total. The summed E-state index contributed by atoms with van der Waals surface area (Å²) < 4.78 is 16.0. The summed E-state index contributed by atoms with van der Waals surface area (Å²) in [5, 5.41) is 3.97. The second kappa shape index (κ2) is 7.36. The van der Waals surface area contributed by atoms with Crippen molar-refractivity contribution in [3.63, 3.8) is 0 Å². The highest BCUT2D eigenvalue weighted by atomic mass is 16.5. The molecular weight excluding hydrogens is 360 g/mol. The van der Waals surface area contributed by atoms with E-state index in [9.17, 15) is 4.79 Å². The normalized spacial score (nSPS) is 10.8. The zero-order valence-electron chi connectivity index (χ0n) is 15.0. The summed E-state index contributed by atoms with van der Waals surface area (Å²) in [6.45, 7) is 0. The molecule has 2 N–H and O–H groups in total. The number of benzene rings is 2. The number of aromatic nitrogens is 3. The number of carbonyl (C=O) groups is 1. The minimum Gasteiger partial charge on any atom is -0.497 e. The first-order chi connectivity index (χ1) is 13.6. The van der Waals surface area contributed by atoms with Crippen LogP contribution in [0.2, 0.25) is 0 Å². The summed E-state index contributed by atoms with van der Waals surface area (Å²) in [6.07, 6.45) is 1.93. The van der Waals surface area contributed by atoms with Gasteiger partial charge in [-0.05, 0) is 48.5 Å². The van der Waals surface area contributed by atoms with Gasteiger partial charge in [0.05, 0.1) is 19.2 Å². The van der Waals surface area contributed by atoms with Crippen molar-refractivity contribution >= 4 is 5.91 Å². The summed E-state index contributed by atoms with van der Waals surface area (Å²) >= 11 is 0. The quantitative estimate of drug-likeness (QED) is 0.549. The van der Waals surface area contributed by atoms with E-state index >= 15 is 0 Å². The highest BCUT2D eigenvalue weighted by Gasteiger charge is 2.13. The summed E-state index contributed by atoms with van der Waals surface area (Å²) in [5.74, 6) is 1.60. The number of methoxy groups -OCH3 is 1. The number of hydrogen-bond donors (Lipinski definition) is 1. The fraction of sp³-hybridized carbons (Fsp3) is 0.100. The molecule has 0 bridgehead atoms. The van der Waals surface area contributed by atoms with Crippen LogP contribution in [0.15, 0.2) is 63.7 Å². The van der Waals surface area contributed by atoms with E-state index in [0.29, 0.717) is 40.8 Å². The molecule has 4 aromatic rings. The van der Waals surface area contributed by atoms with Crippen molar-refractivity contribution in [2.75, 3.05) is 7.11 Å². The van der Waals surface area contributed by atoms with Crippen LogP contribution >= 0.6 is 0 Å². The number of oxazole rings is 1. The Morgan fingerprint density at radius 1 is 1.00 bits per heavy atom. The third kappa shape index (κ3) is 3.61. The third-order valence-electron chi connectivity index (χ3n) is 4.11. The molecule has 4 rings (SSSR count). The molecule has 0 spiro atoms. The number of ether oxygens (including phenoxy) is 1. The van der Waals surface area contributed by atoms with Crippen molar-refractivity contribution in [1.82, 2.24) is 15.1 Å². The van der Waals surface area contributed by atoms with Crippen molar-refractivity contribution in [3.8, 4) is 28.7 Å². The highest BCUT2D eigenvalue weighted by molar-refractivity contribution is 5.93. The minimum atomic E-state index is -0.489. The van der Waals surface area contributed by atoms with Gasteiger partial charge < -0.3 is 19.4 Å². The van der Waals surface area contributed by atoms with E-state index in [1.165, 1.54) is 0 Å². The lowest BCUT2D eigenvalue weighted by molar-refractivity contribution is 0.100. The van der Waals surface area contributed by atoms with Gasteiger partial charge in [0.2, 0.25) is 11.8 Å². The van der Waals surface area contributed by atoms with Crippen LogP contribution in [0.25, 0.3) is 22.9 Å². The van der Waals surface area contributed by atoms with Crippen LogP contribution in [-0.2, 0) is 6.42 Å². The lowest BCUT2D eigenvalue weighted by Gasteiger charge is -1.99. The molecule has 0 saturated carbocycles. The van der Waals surface area contributed by atoms with Gasteiger partial charge in [0.1, 0.15) is 12.0 Å². The molecule has 0 aliphatic rings. The molecule has 0 fully saturated rings. The molecule has 2 heterocycles. The van der Waals surface area contributed by atoms with Crippen LogP contribution in [0.1, 0.15) is 21.9 Å². The largest absolute Gasteiger partial charge is 0.497 e. The van der Waals surface area contributed by atoms with Crippen LogP contribution in [-0.4, -0.2) is 28.1 Å². The van der Waals surface area contributed by atoms with Crippen molar-refractivity contribution in [1.29, 1.82) is 0 Å². The Hall–Kier alpha value is -3.94. The van der Waals surface area contributed by atoms with Gasteiger partial charge in [-0.3, -0.25) is 4.79 Å². The van der Waals surface area contributed by atoms with Crippen molar-refractivity contribution in [2.45, 2.75) is 6.42 Å². The highest BCUT2D eigenvalue weighted by Crippen LogP contribution is 2.23. The molecule has 0 saturated heterocycles. The Kier molecular flexibility index (Phi) is 4.59. The molecule has 0 atom stereocenters. The standard InChI is InChI=1S/C20H16N4O4/c1-26-16-8-6-13(7-9-16)19-22-15(11-27-19)10-17-23-20(28-24-17)14-4-2-12(3-5-14)18(21)25/h2-9,11H,10H2,1H3,(H2,21,25). The Morgan fingerprint density at radius 3 is 2.36 bits per heavy atom. The van der Waals surface area contributed by atoms with E-state index in [1.807, 2.05) is 24.3 Å². The third-order valence-corrected chi connectivity index (χ3v) is 4.11. The minimum absolute atomic E-state index is 0.352. The fourth-order valence-electron chi connectivity index (χ4n) is 2.64. The molecule has 2 aromatic heterocycles. The summed E-state index contributed by atoms with van der Waals surface area (Å²) in [7, 11) is 1.61. The number of nitrogens with zero attached hydrogens (tertiary/aromatic N) is 3. The fourth-order valence-corrected chi connectivity index (χ4v) is 2.64. The Bertz CT molecular complexity index is 1100. The monoisotopic (exact) mass is 376 g/mol. The summed E-state index contributed by atoms with van der Waals surface area (Å²) in [4.78, 5) is 20.0. The van der Waals surface area contributed by atoms with Crippen molar-refractivity contribution in [2.24, 2.45) is 5.73 Å². The van der Waals surface area contributed by atoms with Gasteiger partial charge in [0.25, 0.3) is 5.89 Å². The predicted molar refractivity (Wildman–Crippen MR) is 99.5 cm³/mol. The lowest BCUT2D eigenvalue weighted by Crippen LogP contribution is -2.10. The lowest BCUT2D eigenvalue weighted by atomic mass is 10.1. The zero-order valence-corrected chi connectivity index (χ0v) is 15.0. The van der Waals surface area contributed by atoms with Crippen LogP contribution in [0.5, 0.6) is 5.75 Å². The average molecular weight is 376 g/mol. The van der Waals surface area contributed by atoms with Crippen LogP contribution < -0.4 is 10.5 Å². The van der Waals surface area contributed by atoms with Gasteiger partial charge in [-0.2, -0.15) is 4.98 Å². The molecule has 1 amide bonds. The average Bonchev–Trinajstić information content (AvgIpc) is 3.38. The maximum atomic E-state index is 11.1. The Morgan fingerprint density at radius 2 is 1.68 bits per heavy atom. The Balaban J connectivity index is 1.48. The Labute approximate surface area is 160 Å². The molecule has 140 valence electrons. The van der Waals surface area contributed by atoms with Gasteiger partial charge in [0.15, 0.2) is 5.82 Å². The first-order valence-corrected chi connectivity index (χ1v) is 8.44. The number of rotatable bonds is 6. The van der Waals surface area contributed by atoms with Crippen molar-refractivity contribution < 1.29 is 18.5 Å². The molecule has 0 unspecified atom stereocenters. The van der Waals surface area contributed by atoms with Gasteiger partial charge in [-0.15, -0.1) is 0 Å². The molecule has 0 aliphatic carbocycles. The summed E-state index contributed by atoms with van der Waals surface area (Å²) in [5.41, 5.74) is 7.88. The van der Waals surface area contributed by atoms with Crippen LogP contribution in [0.3, 0.4) is 0 Å². The molecule has 2 aromatic carbocycles. The van der Waals surface area contributed by atoms with E-state index in [4.69, 9.17) is 19.4 Å². The van der Waals surface area contributed by atoms with E-state index in [0.717, 1.165) is 11.3 Å². The van der Waals surface area contributed by atoms with E-state index in [1.54, 1.807) is 37.6 Å². The number of carbonyl (C=O) groups excluding carboxylic acids is 1. The number of hydrogen-bond acceptors (Lipinski definition) is 7. The molecule has 28 heavy (non-hydrogen) atoms. The van der Waals surface area contributed by atoms with Crippen LogP contribution in [0.4, 0.5) is 0 Å². The maximum absolute atomic E-state index is 11.1. The number of nitrogens with two attached hydrogens (primary N) is 1. The van der Waals surface area contributed by atoms with Gasteiger partial charge in [-0.1, -0.05) is 5.16 Å². The van der Waals surface area contributed by atoms with Gasteiger partial charge >= 0.3 is 0 Å². The SMILES string of the molecule is COc1ccc(-c2nc(Cc3noc(-c4ccc(C(N)=O)cc4)n3)co2)cc1. The molecule has 0 aliphatic heterocycles. The maximum Gasteiger partial charge on any atom is 0.257 e. The van der Waals surface area contributed by atoms with Crippen LogP contribution in [0, 0.1) is 0 Å². The van der Waals surface area contributed by atoms with E-state index in [2.05, 4.69) is 15.1 Å². The second-order valence-electron chi connectivity index (χ2n) is 6.01. The number of amides is 1. The first-order valence-electron chi connectivity index (χ1n) is 8.44. The van der Waals surface area contributed by atoms with Crippen molar-refractivity contribution in [3.05, 3.63) is 71.9 Å². The van der Waals surface area contributed by atoms with Gasteiger partial charge in [0, 0.05) is 16.7 Å². The zero-order chi connectivity index (χ0) is 19.5. The number of primary amides is 1. The second-order valence-corrected chi connectivity index (χ2v) is 6.01. The first kappa shape index (κ1) is 17.5. The van der Waals surface area contributed by atoms with E-state index in [-0.39, 0.29) is 0 Å². The molecule has 8 heteroatoms. The van der Waals surface area contributed by atoms with Gasteiger partial charge in [-0.25, -0.2) is 4.98 Å².